The summed E-state index contributed by atoms with van der Waals surface area (Å²) in [5.41, 5.74) is 2.84. The van der Waals surface area contributed by atoms with Gasteiger partial charge < -0.3 is 19.5 Å². The molecule has 0 aliphatic heterocycles. The van der Waals surface area contributed by atoms with E-state index in [1.165, 1.54) is 0 Å². The predicted molar refractivity (Wildman–Crippen MR) is 118 cm³/mol. The van der Waals surface area contributed by atoms with Crippen LogP contribution in [0.2, 0.25) is 0 Å². The molecule has 4 rings (SSSR count). The average molecular weight is 401 g/mol. The van der Waals surface area contributed by atoms with E-state index in [0.717, 1.165) is 27.8 Å². The molecule has 0 radical (unpaired) electrons. The van der Waals surface area contributed by atoms with Gasteiger partial charge in [0.1, 0.15) is 5.82 Å². The molecular weight excluding hydrogens is 378 g/mol. The number of benzene rings is 3. The minimum absolute atomic E-state index is 0.534. The summed E-state index contributed by atoms with van der Waals surface area (Å²) in [6, 6.07) is 21.8. The van der Waals surface area contributed by atoms with Gasteiger partial charge in [-0.25, -0.2) is 9.97 Å². The van der Waals surface area contributed by atoms with Gasteiger partial charge in [0.25, 0.3) is 0 Å². The van der Waals surface area contributed by atoms with Crippen LogP contribution in [-0.4, -0.2) is 31.3 Å². The zero-order chi connectivity index (χ0) is 20.9. The number of rotatable bonds is 7. The van der Waals surface area contributed by atoms with Crippen LogP contribution in [0, 0.1) is 0 Å². The number of fused-ring (bicyclic) bond motifs is 1. The highest BCUT2D eigenvalue weighted by atomic mass is 16.5. The Morgan fingerprint density at radius 1 is 0.767 bits per heavy atom. The van der Waals surface area contributed by atoms with Crippen molar-refractivity contribution in [3.05, 3.63) is 72.3 Å². The minimum Gasteiger partial charge on any atom is -0.493 e. The van der Waals surface area contributed by atoms with Crippen molar-refractivity contribution in [1.29, 1.82) is 0 Å². The Balaban J connectivity index is 1.71. The molecule has 0 bridgehead atoms. The zero-order valence-electron chi connectivity index (χ0n) is 17.2. The molecule has 1 aromatic heterocycles. The third-order valence-electron chi connectivity index (χ3n) is 4.82. The van der Waals surface area contributed by atoms with E-state index in [1.54, 1.807) is 21.3 Å². The summed E-state index contributed by atoms with van der Waals surface area (Å²) < 4.78 is 16.3. The van der Waals surface area contributed by atoms with Crippen molar-refractivity contribution in [2.75, 3.05) is 26.6 Å². The van der Waals surface area contributed by atoms with E-state index < -0.39 is 0 Å². The number of aromatic nitrogens is 2. The van der Waals surface area contributed by atoms with Crippen LogP contribution in [0.3, 0.4) is 0 Å². The number of nitrogens with zero attached hydrogens (tertiary/aromatic N) is 2. The molecule has 0 fully saturated rings. The summed E-state index contributed by atoms with van der Waals surface area (Å²) in [6.45, 7) is 0.534. The third-order valence-corrected chi connectivity index (χ3v) is 4.82. The first-order valence-corrected chi connectivity index (χ1v) is 9.58. The number of ether oxygens (including phenoxy) is 3. The molecule has 3 aromatic carbocycles. The highest BCUT2D eigenvalue weighted by Gasteiger charge is 2.14. The van der Waals surface area contributed by atoms with E-state index in [9.17, 15) is 0 Å². The first-order chi connectivity index (χ1) is 14.7. The molecule has 0 amide bonds. The minimum atomic E-state index is 0.534. The van der Waals surface area contributed by atoms with Crippen molar-refractivity contribution in [1.82, 2.24) is 9.97 Å². The van der Waals surface area contributed by atoms with Crippen LogP contribution >= 0.6 is 0 Å². The number of hydrogen-bond acceptors (Lipinski definition) is 6. The maximum absolute atomic E-state index is 5.46. The van der Waals surface area contributed by atoms with Crippen molar-refractivity contribution in [2.24, 2.45) is 0 Å². The van der Waals surface area contributed by atoms with Crippen molar-refractivity contribution < 1.29 is 14.2 Å². The van der Waals surface area contributed by atoms with E-state index in [4.69, 9.17) is 24.2 Å². The summed E-state index contributed by atoms with van der Waals surface area (Å²) in [5, 5.41) is 4.41. The summed E-state index contributed by atoms with van der Waals surface area (Å²) in [4.78, 5) is 9.53. The van der Waals surface area contributed by atoms with Gasteiger partial charge >= 0.3 is 0 Å². The van der Waals surface area contributed by atoms with E-state index in [2.05, 4.69) is 5.32 Å². The van der Waals surface area contributed by atoms with Gasteiger partial charge in [0.2, 0.25) is 5.75 Å². The van der Waals surface area contributed by atoms with E-state index in [0.29, 0.717) is 29.6 Å². The van der Waals surface area contributed by atoms with Crippen molar-refractivity contribution in [2.45, 2.75) is 6.54 Å². The summed E-state index contributed by atoms with van der Waals surface area (Å²) in [6.07, 6.45) is 0. The molecule has 0 saturated heterocycles. The lowest BCUT2D eigenvalue weighted by Crippen LogP contribution is -2.05. The van der Waals surface area contributed by atoms with Gasteiger partial charge in [0.05, 0.1) is 26.8 Å². The van der Waals surface area contributed by atoms with Gasteiger partial charge in [0.15, 0.2) is 17.3 Å². The Kier molecular flexibility index (Phi) is 5.66. The molecule has 6 heteroatoms. The maximum Gasteiger partial charge on any atom is 0.203 e. The Morgan fingerprint density at radius 3 is 2.10 bits per heavy atom. The van der Waals surface area contributed by atoms with Crippen molar-refractivity contribution in [3.8, 4) is 28.6 Å². The van der Waals surface area contributed by atoms with Crippen LogP contribution in [0.25, 0.3) is 22.3 Å². The lowest BCUT2D eigenvalue weighted by atomic mass is 10.1. The molecule has 0 atom stereocenters. The van der Waals surface area contributed by atoms with E-state index in [1.807, 2.05) is 66.7 Å². The Bertz CT molecular complexity index is 1140. The highest BCUT2D eigenvalue weighted by molar-refractivity contribution is 5.90. The van der Waals surface area contributed by atoms with E-state index >= 15 is 0 Å². The van der Waals surface area contributed by atoms with Gasteiger partial charge in [-0.2, -0.15) is 0 Å². The molecule has 152 valence electrons. The monoisotopic (exact) mass is 401 g/mol. The molecule has 1 heterocycles. The molecule has 0 spiro atoms. The highest BCUT2D eigenvalue weighted by Crippen LogP contribution is 2.38. The van der Waals surface area contributed by atoms with Gasteiger partial charge in [0, 0.05) is 17.5 Å². The van der Waals surface area contributed by atoms with Crippen LogP contribution in [0.1, 0.15) is 5.56 Å². The van der Waals surface area contributed by atoms with Gasteiger partial charge in [-0.3, -0.25) is 0 Å². The summed E-state index contributed by atoms with van der Waals surface area (Å²) in [5.74, 6) is 3.26. The first kappa shape index (κ1) is 19.5. The van der Waals surface area contributed by atoms with Crippen LogP contribution in [0.4, 0.5) is 5.82 Å². The Labute approximate surface area is 175 Å². The molecule has 1 N–H and O–H groups in total. The number of anilines is 1. The van der Waals surface area contributed by atoms with Crippen LogP contribution in [-0.2, 0) is 6.54 Å². The van der Waals surface area contributed by atoms with Crippen LogP contribution < -0.4 is 19.5 Å². The first-order valence-electron chi connectivity index (χ1n) is 9.58. The molecule has 0 unspecified atom stereocenters. The molecule has 30 heavy (non-hydrogen) atoms. The zero-order valence-corrected chi connectivity index (χ0v) is 17.2. The molecular formula is C24H23N3O3. The van der Waals surface area contributed by atoms with Crippen molar-refractivity contribution >= 4 is 16.7 Å². The second-order valence-corrected chi connectivity index (χ2v) is 6.67. The second-order valence-electron chi connectivity index (χ2n) is 6.67. The molecule has 6 nitrogen and oxygen atoms in total. The fourth-order valence-corrected chi connectivity index (χ4v) is 3.35. The molecule has 0 aliphatic carbocycles. The summed E-state index contributed by atoms with van der Waals surface area (Å²) >= 11 is 0. The van der Waals surface area contributed by atoms with Crippen molar-refractivity contribution in [3.63, 3.8) is 0 Å². The number of hydrogen-bond donors (Lipinski definition) is 1. The fourth-order valence-electron chi connectivity index (χ4n) is 3.35. The van der Waals surface area contributed by atoms with E-state index in [-0.39, 0.29) is 0 Å². The molecule has 4 aromatic rings. The van der Waals surface area contributed by atoms with Gasteiger partial charge in [-0.15, -0.1) is 0 Å². The summed E-state index contributed by atoms with van der Waals surface area (Å²) in [7, 11) is 4.81. The molecule has 0 aliphatic rings. The Hall–Kier alpha value is -3.80. The second kappa shape index (κ2) is 8.69. The quantitative estimate of drug-likeness (QED) is 0.473. The lowest BCUT2D eigenvalue weighted by molar-refractivity contribution is 0.324. The van der Waals surface area contributed by atoms with Gasteiger partial charge in [-0.05, 0) is 29.8 Å². The average Bonchev–Trinajstić information content (AvgIpc) is 2.82. The fraction of sp³-hybridized carbons (Fsp3) is 0.167. The SMILES string of the molecule is COc1cc(CNc2nc(-c3ccccc3)nc3ccccc23)cc(OC)c1OC. The largest absolute Gasteiger partial charge is 0.493 e. The number of methoxy groups -OCH3 is 3. The standard InChI is InChI=1S/C24H23N3O3/c1-28-20-13-16(14-21(29-2)22(20)30-3)15-25-24-18-11-7-8-12-19(18)26-23(27-24)17-9-5-4-6-10-17/h4-14H,15H2,1-3H3,(H,25,26,27). The number of nitrogens with one attached hydrogen (secondary N) is 1. The topological polar surface area (TPSA) is 65.5 Å². The van der Waals surface area contributed by atoms with Crippen LogP contribution in [0.5, 0.6) is 17.2 Å². The third kappa shape index (κ3) is 3.85. The molecule has 0 saturated carbocycles. The van der Waals surface area contributed by atoms with Gasteiger partial charge in [-0.1, -0.05) is 42.5 Å². The predicted octanol–water partition coefficient (Wildman–Crippen LogP) is 4.93. The lowest BCUT2D eigenvalue weighted by Gasteiger charge is -2.15. The maximum atomic E-state index is 5.46. The normalized spacial score (nSPS) is 10.6. The number of para-hydroxylation sites is 1. The Morgan fingerprint density at radius 2 is 1.43 bits per heavy atom. The van der Waals surface area contributed by atoms with Crippen LogP contribution in [0.15, 0.2) is 66.7 Å². The smallest absolute Gasteiger partial charge is 0.203 e.